The molecule has 2 N–H and O–H groups in total. The lowest BCUT2D eigenvalue weighted by Gasteiger charge is -2.02. The second kappa shape index (κ2) is 4.51. The third kappa shape index (κ3) is 1.91. The van der Waals surface area contributed by atoms with Crippen molar-refractivity contribution < 1.29 is 0 Å². The van der Waals surface area contributed by atoms with Crippen LogP contribution in [0.2, 0.25) is 0 Å². The van der Waals surface area contributed by atoms with Crippen LogP contribution in [-0.4, -0.2) is 14.8 Å². The van der Waals surface area contributed by atoms with Gasteiger partial charge in [-0.25, -0.2) is 9.67 Å². The van der Waals surface area contributed by atoms with Gasteiger partial charge >= 0.3 is 0 Å². The molecule has 3 heterocycles. The van der Waals surface area contributed by atoms with E-state index in [4.69, 9.17) is 5.73 Å². The largest absolute Gasteiger partial charge is 0.326 e. The van der Waals surface area contributed by atoms with Crippen LogP contribution in [0, 0.1) is 6.92 Å². The Morgan fingerprint density at radius 1 is 1.39 bits per heavy atom. The van der Waals surface area contributed by atoms with Gasteiger partial charge in [-0.1, -0.05) is 0 Å². The van der Waals surface area contributed by atoms with Crippen LogP contribution in [0.25, 0.3) is 11.0 Å². The van der Waals surface area contributed by atoms with Crippen LogP contribution in [0.5, 0.6) is 0 Å². The zero-order valence-corrected chi connectivity index (χ0v) is 10.9. The van der Waals surface area contributed by atoms with Crippen molar-refractivity contribution in [3.8, 4) is 0 Å². The number of nitrogens with zero attached hydrogens (tertiary/aromatic N) is 3. The van der Waals surface area contributed by atoms with E-state index in [-0.39, 0.29) is 0 Å². The second-order valence-corrected chi connectivity index (χ2v) is 5.29. The molecule has 0 spiro atoms. The fourth-order valence-electron chi connectivity index (χ4n) is 1.95. The number of hydrogen-bond donors (Lipinski definition) is 1. The van der Waals surface area contributed by atoms with Crippen LogP contribution in [-0.2, 0) is 13.1 Å². The van der Waals surface area contributed by atoms with E-state index in [9.17, 15) is 0 Å². The Balaban J connectivity index is 2.00. The molecular weight excluding hydrogens is 244 g/mol. The Hall–Kier alpha value is -1.72. The zero-order chi connectivity index (χ0) is 12.5. The molecule has 5 heteroatoms. The number of pyridine rings is 1. The quantitative estimate of drug-likeness (QED) is 0.784. The van der Waals surface area contributed by atoms with E-state index in [2.05, 4.69) is 28.5 Å². The number of nitrogens with two attached hydrogens (primary N) is 1. The fourth-order valence-corrected chi connectivity index (χ4v) is 2.83. The fraction of sp³-hybridized carbons (Fsp3) is 0.231. The van der Waals surface area contributed by atoms with E-state index in [1.807, 2.05) is 23.1 Å². The Labute approximate surface area is 109 Å². The molecule has 92 valence electrons. The van der Waals surface area contributed by atoms with Crippen LogP contribution in [0.1, 0.15) is 16.0 Å². The molecular formula is C13H14N4S. The highest BCUT2D eigenvalue weighted by molar-refractivity contribution is 7.10. The molecule has 4 nitrogen and oxygen atoms in total. The molecule has 3 rings (SSSR count). The first-order chi connectivity index (χ1) is 8.78. The van der Waals surface area contributed by atoms with Gasteiger partial charge in [0.2, 0.25) is 0 Å². The molecule has 3 aromatic heterocycles. The van der Waals surface area contributed by atoms with Gasteiger partial charge in [0, 0.05) is 23.0 Å². The monoisotopic (exact) mass is 258 g/mol. The van der Waals surface area contributed by atoms with Crippen molar-refractivity contribution in [2.75, 3.05) is 0 Å². The molecule has 0 aliphatic heterocycles. The molecule has 0 saturated heterocycles. The Bertz CT molecular complexity index is 683. The zero-order valence-electron chi connectivity index (χ0n) is 10.1. The second-order valence-electron chi connectivity index (χ2n) is 4.29. The van der Waals surface area contributed by atoms with Gasteiger partial charge in [-0.2, -0.15) is 5.10 Å². The molecule has 0 aromatic carbocycles. The summed E-state index contributed by atoms with van der Waals surface area (Å²) in [4.78, 5) is 5.77. The van der Waals surface area contributed by atoms with Gasteiger partial charge in [-0.15, -0.1) is 11.3 Å². The standard InChI is InChI=1S/C13H14N4S/c1-9-2-3-18-12(9)8-17-13-11(7-16-17)4-10(5-14)6-15-13/h2-4,6-7H,5,8,14H2,1H3. The summed E-state index contributed by atoms with van der Waals surface area (Å²) in [6.07, 6.45) is 3.67. The van der Waals surface area contributed by atoms with E-state index >= 15 is 0 Å². The van der Waals surface area contributed by atoms with Crippen molar-refractivity contribution in [3.63, 3.8) is 0 Å². The van der Waals surface area contributed by atoms with Crippen LogP contribution < -0.4 is 5.73 Å². The number of rotatable bonds is 3. The number of aromatic nitrogens is 3. The lowest BCUT2D eigenvalue weighted by atomic mass is 10.2. The molecule has 18 heavy (non-hydrogen) atoms. The Kier molecular flexibility index (Phi) is 2.85. The van der Waals surface area contributed by atoms with E-state index in [1.165, 1.54) is 10.4 Å². The van der Waals surface area contributed by atoms with Gasteiger partial charge < -0.3 is 5.73 Å². The maximum absolute atomic E-state index is 5.61. The van der Waals surface area contributed by atoms with Crippen molar-refractivity contribution in [3.05, 3.63) is 45.9 Å². The average molecular weight is 258 g/mol. The van der Waals surface area contributed by atoms with Crippen molar-refractivity contribution in [1.29, 1.82) is 0 Å². The number of hydrogen-bond acceptors (Lipinski definition) is 4. The summed E-state index contributed by atoms with van der Waals surface area (Å²) < 4.78 is 1.94. The summed E-state index contributed by atoms with van der Waals surface area (Å²) in [6, 6.07) is 4.18. The smallest absolute Gasteiger partial charge is 0.158 e. The van der Waals surface area contributed by atoms with Gasteiger partial charge in [0.25, 0.3) is 0 Å². The summed E-state index contributed by atoms with van der Waals surface area (Å²) in [5.74, 6) is 0. The lowest BCUT2D eigenvalue weighted by molar-refractivity contribution is 0.710. The molecule has 0 aliphatic carbocycles. The molecule has 0 fully saturated rings. The van der Waals surface area contributed by atoms with E-state index < -0.39 is 0 Å². The summed E-state index contributed by atoms with van der Waals surface area (Å²) in [5, 5.41) is 7.56. The molecule has 0 saturated carbocycles. The highest BCUT2D eigenvalue weighted by Gasteiger charge is 2.07. The molecule has 0 atom stereocenters. The van der Waals surface area contributed by atoms with Gasteiger partial charge in [0.1, 0.15) is 0 Å². The Morgan fingerprint density at radius 2 is 2.28 bits per heavy atom. The molecule has 0 bridgehead atoms. The normalized spacial score (nSPS) is 11.2. The van der Waals surface area contributed by atoms with Crippen LogP contribution in [0.3, 0.4) is 0 Å². The van der Waals surface area contributed by atoms with Gasteiger partial charge in [-0.3, -0.25) is 0 Å². The maximum Gasteiger partial charge on any atom is 0.158 e. The third-order valence-corrected chi connectivity index (χ3v) is 4.04. The topological polar surface area (TPSA) is 56.7 Å². The number of aryl methyl sites for hydroxylation is 1. The molecule has 3 aromatic rings. The maximum atomic E-state index is 5.61. The first-order valence-electron chi connectivity index (χ1n) is 5.81. The molecule has 0 amide bonds. The van der Waals surface area contributed by atoms with Crippen molar-refractivity contribution >= 4 is 22.4 Å². The summed E-state index contributed by atoms with van der Waals surface area (Å²) in [7, 11) is 0. The molecule has 0 unspecified atom stereocenters. The summed E-state index contributed by atoms with van der Waals surface area (Å²) in [6.45, 7) is 3.41. The summed E-state index contributed by atoms with van der Waals surface area (Å²) >= 11 is 1.76. The van der Waals surface area contributed by atoms with E-state index in [1.54, 1.807) is 11.3 Å². The van der Waals surface area contributed by atoms with Crippen molar-refractivity contribution in [2.24, 2.45) is 5.73 Å². The average Bonchev–Trinajstić information content (AvgIpc) is 2.97. The predicted octanol–water partition coefficient (Wildman–Crippen LogP) is 2.31. The van der Waals surface area contributed by atoms with Crippen LogP contribution in [0.4, 0.5) is 0 Å². The minimum atomic E-state index is 0.512. The minimum Gasteiger partial charge on any atom is -0.326 e. The molecule has 0 radical (unpaired) electrons. The third-order valence-electron chi connectivity index (χ3n) is 3.03. The minimum absolute atomic E-state index is 0.512. The van der Waals surface area contributed by atoms with Crippen molar-refractivity contribution in [2.45, 2.75) is 20.0 Å². The number of fused-ring (bicyclic) bond motifs is 1. The van der Waals surface area contributed by atoms with Gasteiger partial charge in [0.05, 0.1) is 12.7 Å². The molecule has 0 aliphatic rings. The highest BCUT2D eigenvalue weighted by atomic mass is 32.1. The highest BCUT2D eigenvalue weighted by Crippen LogP contribution is 2.19. The van der Waals surface area contributed by atoms with Crippen LogP contribution >= 0.6 is 11.3 Å². The summed E-state index contributed by atoms with van der Waals surface area (Å²) in [5.41, 5.74) is 8.87. The first-order valence-corrected chi connectivity index (χ1v) is 6.69. The van der Waals surface area contributed by atoms with Gasteiger partial charge in [-0.05, 0) is 35.6 Å². The predicted molar refractivity (Wildman–Crippen MR) is 73.6 cm³/mol. The number of thiophene rings is 1. The van der Waals surface area contributed by atoms with Gasteiger partial charge in [0.15, 0.2) is 5.65 Å². The first kappa shape index (κ1) is 11.4. The SMILES string of the molecule is Cc1ccsc1Cn1ncc2cc(CN)cnc21. The van der Waals surface area contributed by atoms with Crippen LogP contribution in [0.15, 0.2) is 29.9 Å². The Morgan fingerprint density at radius 3 is 3.00 bits per heavy atom. The van der Waals surface area contributed by atoms with Crippen molar-refractivity contribution in [1.82, 2.24) is 14.8 Å². The lowest BCUT2D eigenvalue weighted by Crippen LogP contribution is -2.03. The van der Waals surface area contributed by atoms with E-state index in [0.717, 1.165) is 23.1 Å². The van der Waals surface area contributed by atoms with E-state index in [0.29, 0.717) is 6.54 Å².